The molecule has 0 aromatic heterocycles. The molecule has 4 heteroatoms. The van der Waals surface area contributed by atoms with Gasteiger partial charge in [-0.2, -0.15) is 0 Å². The Bertz CT molecular complexity index is 389. The van der Waals surface area contributed by atoms with E-state index in [1.807, 2.05) is 24.3 Å². The Kier molecular flexibility index (Phi) is 5.16. The van der Waals surface area contributed by atoms with E-state index in [4.69, 9.17) is 9.47 Å². The number of carbonyl (C=O) groups excluding carboxylic acids is 1. The maximum absolute atomic E-state index is 11.8. The van der Waals surface area contributed by atoms with Crippen molar-refractivity contribution in [2.75, 3.05) is 20.8 Å². The Labute approximate surface area is 108 Å². The maximum Gasteiger partial charge on any atom is 0.330 e. The SMILES string of the molecule is CCCOc1ccc(C(C)(NC)C(=O)OC)cc1. The first-order chi connectivity index (χ1) is 8.58. The Balaban J connectivity index is 2.91. The van der Waals surface area contributed by atoms with Crippen molar-refractivity contribution in [1.82, 2.24) is 5.32 Å². The number of esters is 1. The molecule has 0 fully saturated rings. The van der Waals surface area contributed by atoms with E-state index >= 15 is 0 Å². The third-order valence-corrected chi connectivity index (χ3v) is 3.00. The molecule has 1 rings (SSSR count). The van der Waals surface area contributed by atoms with Gasteiger partial charge in [-0.1, -0.05) is 19.1 Å². The van der Waals surface area contributed by atoms with Gasteiger partial charge in [-0.3, -0.25) is 0 Å². The van der Waals surface area contributed by atoms with Gasteiger partial charge in [0.25, 0.3) is 0 Å². The Morgan fingerprint density at radius 2 is 1.94 bits per heavy atom. The summed E-state index contributed by atoms with van der Waals surface area (Å²) in [6.45, 7) is 4.55. The second-order valence-corrected chi connectivity index (χ2v) is 4.24. The van der Waals surface area contributed by atoms with Gasteiger partial charge in [-0.25, -0.2) is 4.79 Å². The molecule has 1 aromatic carbocycles. The molecule has 100 valence electrons. The zero-order valence-corrected chi connectivity index (χ0v) is 11.4. The molecule has 0 aliphatic rings. The zero-order valence-electron chi connectivity index (χ0n) is 11.4. The van der Waals surface area contributed by atoms with E-state index in [-0.39, 0.29) is 5.97 Å². The van der Waals surface area contributed by atoms with Gasteiger partial charge in [0.2, 0.25) is 0 Å². The minimum Gasteiger partial charge on any atom is -0.494 e. The summed E-state index contributed by atoms with van der Waals surface area (Å²) in [5.41, 5.74) is 0.0126. The number of benzene rings is 1. The lowest BCUT2D eigenvalue weighted by molar-refractivity contribution is -0.148. The monoisotopic (exact) mass is 251 g/mol. The lowest BCUT2D eigenvalue weighted by Gasteiger charge is -2.26. The van der Waals surface area contributed by atoms with Crippen LogP contribution in [0.5, 0.6) is 5.75 Å². The van der Waals surface area contributed by atoms with Crippen molar-refractivity contribution < 1.29 is 14.3 Å². The lowest BCUT2D eigenvalue weighted by Crippen LogP contribution is -2.45. The predicted octanol–water partition coefficient (Wildman–Crippen LogP) is 2.08. The van der Waals surface area contributed by atoms with Crippen LogP contribution >= 0.6 is 0 Å². The van der Waals surface area contributed by atoms with Gasteiger partial charge in [-0.15, -0.1) is 0 Å². The molecule has 1 N–H and O–H groups in total. The van der Waals surface area contributed by atoms with Crippen LogP contribution in [0.2, 0.25) is 0 Å². The van der Waals surface area contributed by atoms with E-state index < -0.39 is 5.54 Å². The molecule has 0 saturated heterocycles. The van der Waals surface area contributed by atoms with E-state index in [1.54, 1.807) is 14.0 Å². The Morgan fingerprint density at radius 1 is 1.33 bits per heavy atom. The molecule has 18 heavy (non-hydrogen) atoms. The van der Waals surface area contributed by atoms with E-state index in [1.165, 1.54) is 7.11 Å². The summed E-state index contributed by atoms with van der Waals surface area (Å²) in [4.78, 5) is 11.8. The summed E-state index contributed by atoms with van der Waals surface area (Å²) < 4.78 is 10.3. The van der Waals surface area contributed by atoms with Crippen LogP contribution in [0.4, 0.5) is 0 Å². The molecule has 0 aliphatic carbocycles. The topological polar surface area (TPSA) is 47.6 Å². The normalized spacial score (nSPS) is 13.8. The largest absolute Gasteiger partial charge is 0.494 e. The van der Waals surface area contributed by atoms with Crippen LogP contribution in [0.25, 0.3) is 0 Å². The van der Waals surface area contributed by atoms with Gasteiger partial charge in [-0.05, 0) is 38.1 Å². The first-order valence-corrected chi connectivity index (χ1v) is 6.09. The van der Waals surface area contributed by atoms with Crippen LogP contribution < -0.4 is 10.1 Å². The fraction of sp³-hybridized carbons (Fsp3) is 0.500. The minimum absolute atomic E-state index is 0.313. The van der Waals surface area contributed by atoms with Gasteiger partial charge < -0.3 is 14.8 Å². The summed E-state index contributed by atoms with van der Waals surface area (Å²) in [6.07, 6.45) is 0.970. The first-order valence-electron chi connectivity index (χ1n) is 6.09. The van der Waals surface area contributed by atoms with Crippen LogP contribution in [0.1, 0.15) is 25.8 Å². The highest BCUT2D eigenvalue weighted by Crippen LogP contribution is 2.24. The lowest BCUT2D eigenvalue weighted by atomic mass is 9.92. The average molecular weight is 251 g/mol. The molecular formula is C14H21NO3. The molecule has 1 aromatic rings. The van der Waals surface area contributed by atoms with Crippen molar-refractivity contribution in [3.63, 3.8) is 0 Å². The summed E-state index contributed by atoms with van der Waals surface area (Å²) in [5.74, 6) is 0.496. The minimum atomic E-state index is -0.835. The highest BCUT2D eigenvalue weighted by atomic mass is 16.5. The van der Waals surface area contributed by atoms with Crippen molar-refractivity contribution in [2.24, 2.45) is 0 Å². The fourth-order valence-electron chi connectivity index (χ4n) is 1.67. The van der Waals surface area contributed by atoms with Gasteiger partial charge in [0.1, 0.15) is 11.3 Å². The molecule has 0 radical (unpaired) electrons. The molecule has 1 unspecified atom stereocenters. The summed E-state index contributed by atoms with van der Waals surface area (Å²) >= 11 is 0. The van der Waals surface area contributed by atoms with Gasteiger partial charge >= 0.3 is 5.97 Å². The molecule has 0 aliphatic heterocycles. The van der Waals surface area contributed by atoms with Crippen LogP contribution in [0.3, 0.4) is 0 Å². The number of carbonyl (C=O) groups is 1. The van der Waals surface area contributed by atoms with Crippen molar-refractivity contribution in [3.8, 4) is 5.75 Å². The second-order valence-electron chi connectivity index (χ2n) is 4.24. The third kappa shape index (κ3) is 3.01. The molecule has 0 heterocycles. The highest BCUT2D eigenvalue weighted by Gasteiger charge is 2.34. The van der Waals surface area contributed by atoms with Gasteiger partial charge in [0, 0.05) is 0 Å². The molecule has 1 atom stereocenters. The number of ether oxygens (including phenoxy) is 2. The van der Waals surface area contributed by atoms with Gasteiger partial charge in [0.05, 0.1) is 13.7 Å². The second kappa shape index (κ2) is 6.40. The number of rotatable bonds is 6. The summed E-state index contributed by atoms with van der Waals surface area (Å²) in [6, 6.07) is 7.48. The third-order valence-electron chi connectivity index (χ3n) is 3.00. The molecule has 0 amide bonds. The predicted molar refractivity (Wildman–Crippen MR) is 70.7 cm³/mol. The molecule has 0 bridgehead atoms. The van der Waals surface area contributed by atoms with Crippen LogP contribution in [-0.4, -0.2) is 26.7 Å². The van der Waals surface area contributed by atoms with Crippen LogP contribution in [0, 0.1) is 0 Å². The maximum atomic E-state index is 11.8. The van der Waals surface area contributed by atoms with Crippen molar-refractivity contribution in [2.45, 2.75) is 25.8 Å². The molecule has 0 saturated carbocycles. The Morgan fingerprint density at radius 3 is 2.39 bits per heavy atom. The summed E-state index contributed by atoms with van der Waals surface area (Å²) in [5, 5.41) is 2.99. The van der Waals surface area contributed by atoms with Crippen LogP contribution in [0.15, 0.2) is 24.3 Å². The quantitative estimate of drug-likeness (QED) is 0.786. The van der Waals surface area contributed by atoms with E-state index in [0.29, 0.717) is 6.61 Å². The van der Waals surface area contributed by atoms with Crippen molar-refractivity contribution >= 4 is 5.97 Å². The van der Waals surface area contributed by atoms with Crippen molar-refractivity contribution in [3.05, 3.63) is 29.8 Å². The molecular weight excluding hydrogens is 230 g/mol. The zero-order chi connectivity index (χ0) is 13.6. The molecule has 4 nitrogen and oxygen atoms in total. The van der Waals surface area contributed by atoms with Crippen LogP contribution in [-0.2, 0) is 15.1 Å². The molecule has 0 spiro atoms. The highest BCUT2D eigenvalue weighted by molar-refractivity contribution is 5.82. The van der Waals surface area contributed by atoms with E-state index in [9.17, 15) is 4.79 Å². The number of likely N-dealkylation sites (N-methyl/N-ethyl adjacent to an activating group) is 1. The smallest absolute Gasteiger partial charge is 0.330 e. The fourth-order valence-corrected chi connectivity index (χ4v) is 1.67. The van der Waals surface area contributed by atoms with E-state index in [2.05, 4.69) is 12.2 Å². The number of hydrogen-bond acceptors (Lipinski definition) is 4. The number of nitrogens with one attached hydrogen (secondary N) is 1. The van der Waals surface area contributed by atoms with Crippen molar-refractivity contribution in [1.29, 1.82) is 0 Å². The average Bonchev–Trinajstić information content (AvgIpc) is 2.43. The number of hydrogen-bond donors (Lipinski definition) is 1. The Hall–Kier alpha value is -1.55. The summed E-state index contributed by atoms with van der Waals surface area (Å²) in [7, 11) is 3.12. The standard InChI is InChI=1S/C14H21NO3/c1-5-10-18-12-8-6-11(7-9-12)14(2,15-3)13(16)17-4/h6-9,15H,5,10H2,1-4H3. The first kappa shape index (κ1) is 14.5. The van der Waals surface area contributed by atoms with E-state index in [0.717, 1.165) is 17.7 Å². The number of methoxy groups -OCH3 is 1. The van der Waals surface area contributed by atoms with Gasteiger partial charge in [0.15, 0.2) is 0 Å².